The molecule has 0 spiro atoms. The summed E-state index contributed by atoms with van der Waals surface area (Å²) in [5.74, 6) is -0.727. The minimum Gasteiger partial charge on any atom is -0.452 e. The standard InChI is InChI=1S/C18H26N2O4/c1-2-3-8-19-17(21)14-24-18(22)16-6-4-15(5-7-16)13-20-9-11-23-12-10-20/h4-7H,2-3,8-14H2,1H3,(H,19,21)/p+1. The number of nitrogens with one attached hydrogen (secondary N) is 2. The van der Waals surface area contributed by atoms with Crippen LogP contribution in [0.2, 0.25) is 0 Å². The van der Waals surface area contributed by atoms with E-state index in [1.54, 1.807) is 12.1 Å². The van der Waals surface area contributed by atoms with Crippen LogP contribution in [0.15, 0.2) is 24.3 Å². The molecule has 0 atom stereocenters. The summed E-state index contributed by atoms with van der Waals surface area (Å²) >= 11 is 0. The summed E-state index contributed by atoms with van der Waals surface area (Å²) in [4.78, 5) is 25.0. The minimum absolute atomic E-state index is 0.234. The van der Waals surface area contributed by atoms with E-state index in [0.29, 0.717) is 12.1 Å². The lowest BCUT2D eigenvalue weighted by atomic mass is 10.1. The van der Waals surface area contributed by atoms with Gasteiger partial charge >= 0.3 is 5.97 Å². The van der Waals surface area contributed by atoms with E-state index >= 15 is 0 Å². The Bertz CT molecular complexity index is 524. The van der Waals surface area contributed by atoms with Crippen LogP contribution in [0.1, 0.15) is 35.7 Å². The van der Waals surface area contributed by atoms with Crippen LogP contribution in [-0.2, 0) is 20.8 Å². The van der Waals surface area contributed by atoms with Gasteiger partial charge in [-0.05, 0) is 18.6 Å². The smallest absolute Gasteiger partial charge is 0.338 e. The van der Waals surface area contributed by atoms with Gasteiger partial charge < -0.3 is 19.7 Å². The molecule has 2 rings (SSSR count). The maximum absolute atomic E-state index is 12.0. The lowest BCUT2D eigenvalue weighted by Gasteiger charge is -2.23. The van der Waals surface area contributed by atoms with E-state index in [0.717, 1.165) is 45.7 Å². The molecular weight excluding hydrogens is 308 g/mol. The van der Waals surface area contributed by atoms with Gasteiger partial charge in [-0.3, -0.25) is 4.79 Å². The number of amides is 1. The van der Waals surface area contributed by atoms with E-state index in [9.17, 15) is 9.59 Å². The van der Waals surface area contributed by atoms with Crippen molar-refractivity contribution in [1.82, 2.24) is 5.32 Å². The van der Waals surface area contributed by atoms with Gasteiger partial charge in [0.2, 0.25) is 0 Å². The quantitative estimate of drug-likeness (QED) is 0.525. The predicted octanol–water partition coefficient (Wildman–Crippen LogP) is 0.175. The second kappa shape index (κ2) is 10.1. The number of esters is 1. The first kappa shape index (κ1) is 18.4. The van der Waals surface area contributed by atoms with Crippen LogP contribution in [0.3, 0.4) is 0 Å². The Morgan fingerprint density at radius 3 is 2.58 bits per heavy atom. The van der Waals surface area contributed by atoms with Crippen LogP contribution in [0.4, 0.5) is 0 Å². The number of rotatable bonds is 8. The van der Waals surface area contributed by atoms with Gasteiger partial charge in [0.15, 0.2) is 6.61 Å². The highest BCUT2D eigenvalue weighted by atomic mass is 16.5. The van der Waals surface area contributed by atoms with Crippen molar-refractivity contribution in [2.75, 3.05) is 39.5 Å². The van der Waals surface area contributed by atoms with Crippen molar-refractivity contribution < 1.29 is 24.0 Å². The molecular formula is C18H27N2O4+. The molecule has 1 saturated heterocycles. The first-order valence-electron chi connectivity index (χ1n) is 8.63. The first-order chi connectivity index (χ1) is 11.7. The summed E-state index contributed by atoms with van der Waals surface area (Å²) in [7, 11) is 0. The normalized spacial score (nSPS) is 15.0. The van der Waals surface area contributed by atoms with Crippen molar-refractivity contribution in [3.05, 3.63) is 35.4 Å². The molecule has 0 saturated carbocycles. The van der Waals surface area contributed by atoms with Gasteiger partial charge in [-0.15, -0.1) is 0 Å². The molecule has 1 fully saturated rings. The fourth-order valence-corrected chi connectivity index (χ4v) is 2.55. The van der Waals surface area contributed by atoms with Crippen LogP contribution in [-0.4, -0.2) is 51.3 Å². The zero-order valence-electron chi connectivity index (χ0n) is 14.3. The molecule has 2 N–H and O–H groups in total. The zero-order chi connectivity index (χ0) is 17.2. The van der Waals surface area contributed by atoms with Gasteiger partial charge in [-0.25, -0.2) is 4.79 Å². The van der Waals surface area contributed by atoms with E-state index in [1.165, 1.54) is 10.5 Å². The second-order valence-electron chi connectivity index (χ2n) is 6.02. The Hall–Kier alpha value is -1.92. The summed E-state index contributed by atoms with van der Waals surface area (Å²) in [5, 5.41) is 2.72. The van der Waals surface area contributed by atoms with Crippen LogP contribution in [0.25, 0.3) is 0 Å². The highest BCUT2D eigenvalue weighted by molar-refractivity contribution is 5.91. The molecule has 0 bridgehead atoms. The van der Waals surface area contributed by atoms with Crippen LogP contribution in [0.5, 0.6) is 0 Å². The van der Waals surface area contributed by atoms with E-state index in [2.05, 4.69) is 12.2 Å². The molecule has 0 unspecified atom stereocenters. The fourth-order valence-electron chi connectivity index (χ4n) is 2.55. The summed E-state index contributed by atoms with van der Waals surface area (Å²) in [6, 6.07) is 7.40. The lowest BCUT2D eigenvalue weighted by Crippen LogP contribution is -3.12. The Kier molecular flexibility index (Phi) is 7.71. The number of ether oxygens (including phenoxy) is 2. The highest BCUT2D eigenvalue weighted by Gasteiger charge is 2.15. The molecule has 1 heterocycles. The third kappa shape index (κ3) is 6.29. The van der Waals surface area contributed by atoms with E-state index in [1.807, 2.05) is 12.1 Å². The number of hydrogen-bond donors (Lipinski definition) is 2. The maximum atomic E-state index is 12.0. The van der Waals surface area contributed by atoms with Gasteiger partial charge in [-0.1, -0.05) is 25.5 Å². The van der Waals surface area contributed by atoms with Crippen molar-refractivity contribution >= 4 is 11.9 Å². The molecule has 0 aromatic heterocycles. The summed E-state index contributed by atoms with van der Waals surface area (Å²) in [6.07, 6.45) is 1.94. The first-order valence-corrected chi connectivity index (χ1v) is 8.63. The second-order valence-corrected chi connectivity index (χ2v) is 6.02. The molecule has 1 aromatic rings. The molecule has 0 radical (unpaired) electrons. The molecule has 6 heteroatoms. The maximum Gasteiger partial charge on any atom is 0.338 e. The zero-order valence-corrected chi connectivity index (χ0v) is 14.3. The van der Waals surface area contributed by atoms with Crippen molar-refractivity contribution in [3.8, 4) is 0 Å². The molecule has 1 aliphatic heterocycles. The van der Waals surface area contributed by atoms with Gasteiger partial charge in [0.05, 0.1) is 18.8 Å². The molecule has 132 valence electrons. The Labute approximate surface area is 143 Å². The van der Waals surface area contributed by atoms with Crippen molar-refractivity contribution in [2.45, 2.75) is 26.3 Å². The van der Waals surface area contributed by atoms with Gasteiger partial charge in [0.25, 0.3) is 5.91 Å². The number of quaternary nitrogens is 1. The van der Waals surface area contributed by atoms with Crippen molar-refractivity contribution in [2.24, 2.45) is 0 Å². The van der Waals surface area contributed by atoms with Gasteiger partial charge in [0, 0.05) is 12.1 Å². The highest BCUT2D eigenvalue weighted by Crippen LogP contribution is 2.05. The molecule has 6 nitrogen and oxygen atoms in total. The predicted molar refractivity (Wildman–Crippen MR) is 89.9 cm³/mol. The number of carbonyl (C=O) groups is 2. The number of carbonyl (C=O) groups excluding carboxylic acids is 2. The van der Waals surface area contributed by atoms with E-state index < -0.39 is 5.97 Å². The number of hydrogen-bond acceptors (Lipinski definition) is 4. The summed E-state index contributed by atoms with van der Waals surface area (Å²) < 4.78 is 10.4. The molecule has 1 aromatic carbocycles. The lowest BCUT2D eigenvalue weighted by molar-refractivity contribution is -0.921. The summed E-state index contributed by atoms with van der Waals surface area (Å²) in [6.45, 7) is 7.00. The molecule has 24 heavy (non-hydrogen) atoms. The summed E-state index contributed by atoms with van der Waals surface area (Å²) in [5.41, 5.74) is 1.65. The van der Waals surface area contributed by atoms with Crippen molar-refractivity contribution in [3.63, 3.8) is 0 Å². The third-order valence-corrected chi connectivity index (χ3v) is 4.03. The Morgan fingerprint density at radius 1 is 1.21 bits per heavy atom. The molecule has 0 aliphatic carbocycles. The minimum atomic E-state index is -0.467. The topological polar surface area (TPSA) is 69.1 Å². The van der Waals surface area contributed by atoms with Crippen molar-refractivity contribution in [1.29, 1.82) is 0 Å². The molecule has 1 aliphatic rings. The fraction of sp³-hybridized carbons (Fsp3) is 0.556. The number of benzene rings is 1. The monoisotopic (exact) mass is 335 g/mol. The number of morpholine rings is 1. The number of unbranched alkanes of at least 4 members (excludes halogenated alkanes) is 1. The Morgan fingerprint density at radius 2 is 1.92 bits per heavy atom. The molecule has 1 amide bonds. The van der Waals surface area contributed by atoms with Crippen LogP contribution < -0.4 is 10.2 Å². The van der Waals surface area contributed by atoms with E-state index in [4.69, 9.17) is 9.47 Å². The van der Waals surface area contributed by atoms with Crippen LogP contribution >= 0.6 is 0 Å². The van der Waals surface area contributed by atoms with Gasteiger partial charge in [0.1, 0.15) is 19.6 Å². The van der Waals surface area contributed by atoms with Gasteiger partial charge in [-0.2, -0.15) is 0 Å². The van der Waals surface area contributed by atoms with E-state index in [-0.39, 0.29) is 12.5 Å². The largest absolute Gasteiger partial charge is 0.452 e. The Balaban J connectivity index is 1.75. The van der Waals surface area contributed by atoms with Crippen LogP contribution in [0, 0.1) is 0 Å². The average Bonchev–Trinajstić information content (AvgIpc) is 2.61. The third-order valence-electron chi connectivity index (χ3n) is 4.03. The SMILES string of the molecule is CCCCNC(=O)COC(=O)c1ccc(C[NH+]2CCOCC2)cc1. The average molecular weight is 335 g/mol.